The van der Waals surface area contributed by atoms with Crippen molar-refractivity contribution in [2.75, 3.05) is 50.0 Å². The maximum Gasteiger partial charge on any atom is 0.215 e. The first-order valence-corrected chi connectivity index (χ1v) is 11.5. The van der Waals surface area contributed by atoms with E-state index in [1.54, 1.807) is 16.1 Å². The van der Waals surface area contributed by atoms with Crippen molar-refractivity contribution in [1.82, 2.24) is 14.9 Å². The summed E-state index contributed by atoms with van der Waals surface area (Å²) in [4.78, 5) is 4.41. The zero-order valence-corrected chi connectivity index (χ0v) is 19.1. The Hall–Kier alpha value is -0.520. The molecule has 1 aliphatic heterocycles. The van der Waals surface area contributed by atoms with Gasteiger partial charge >= 0.3 is 0 Å². The van der Waals surface area contributed by atoms with Gasteiger partial charge in [0.1, 0.15) is 0 Å². The van der Waals surface area contributed by atoms with Crippen molar-refractivity contribution in [3.63, 3.8) is 0 Å². The highest BCUT2D eigenvalue weighted by atomic mass is 127. The molecule has 0 saturated carbocycles. The maximum absolute atomic E-state index is 12.3. The maximum atomic E-state index is 12.3. The van der Waals surface area contributed by atoms with Gasteiger partial charge in [0, 0.05) is 37.7 Å². The van der Waals surface area contributed by atoms with Crippen molar-refractivity contribution in [3.8, 4) is 0 Å². The predicted octanol–water partition coefficient (Wildman–Crippen LogP) is 1.78. The van der Waals surface area contributed by atoms with Crippen LogP contribution in [0.2, 0.25) is 0 Å². The molecule has 1 aromatic rings. The molecular weight excluding hydrogens is 483 g/mol. The Kier molecular flexibility index (Phi) is 11.6. The Morgan fingerprint density at radius 2 is 1.88 bits per heavy atom. The minimum Gasteiger partial charge on any atom is -0.357 e. The molecule has 9 heteroatoms. The Bertz CT molecular complexity index is 635. The van der Waals surface area contributed by atoms with Crippen LogP contribution in [0.3, 0.4) is 0 Å². The van der Waals surface area contributed by atoms with Crippen molar-refractivity contribution < 1.29 is 8.42 Å². The van der Waals surface area contributed by atoms with Gasteiger partial charge in [0.2, 0.25) is 10.0 Å². The predicted molar refractivity (Wildman–Crippen MR) is 122 cm³/mol. The van der Waals surface area contributed by atoms with Gasteiger partial charge in [0.15, 0.2) is 5.96 Å². The molecule has 0 bridgehead atoms. The molecule has 2 N–H and O–H groups in total. The Morgan fingerprint density at radius 1 is 1.19 bits per heavy atom. The molecule has 148 valence electrons. The number of benzene rings is 1. The summed E-state index contributed by atoms with van der Waals surface area (Å²) >= 11 is 1.80. The summed E-state index contributed by atoms with van der Waals surface area (Å²) in [5.41, 5.74) is 1.26. The summed E-state index contributed by atoms with van der Waals surface area (Å²) < 4.78 is 26.3. The molecule has 1 fully saturated rings. The van der Waals surface area contributed by atoms with Crippen LogP contribution < -0.4 is 10.6 Å². The van der Waals surface area contributed by atoms with Crippen LogP contribution in [0.1, 0.15) is 12.5 Å². The molecule has 26 heavy (non-hydrogen) atoms. The van der Waals surface area contributed by atoms with Crippen molar-refractivity contribution >= 4 is 51.7 Å². The van der Waals surface area contributed by atoms with E-state index in [0.717, 1.165) is 31.0 Å². The molecule has 0 spiro atoms. The number of hydrogen-bond acceptors (Lipinski definition) is 4. The first-order chi connectivity index (χ1) is 12.1. The fourth-order valence-electron chi connectivity index (χ4n) is 2.54. The lowest BCUT2D eigenvalue weighted by Gasteiger charge is -2.25. The third-order valence-corrected chi connectivity index (χ3v) is 6.67. The second kappa shape index (κ2) is 12.8. The van der Waals surface area contributed by atoms with Gasteiger partial charge in [-0.1, -0.05) is 30.3 Å². The number of rotatable bonds is 8. The van der Waals surface area contributed by atoms with E-state index in [1.165, 1.54) is 5.56 Å². The topological polar surface area (TPSA) is 73.8 Å². The van der Waals surface area contributed by atoms with Gasteiger partial charge in [-0.2, -0.15) is 11.8 Å². The lowest BCUT2D eigenvalue weighted by Crippen LogP contribution is -2.41. The Labute approximate surface area is 178 Å². The fourth-order valence-corrected chi connectivity index (χ4v) is 4.99. The first-order valence-electron chi connectivity index (χ1n) is 8.73. The molecule has 1 saturated heterocycles. The molecule has 0 unspecified atom stereocenters. The van der Waals surface area contributed by atoms with E-state index >= 15 is 0 Å². The van der Waals surface area contributed by atoms with Crippen molar-refractivity contribution in [1.29, 1.82) is 0 Å². The van der Waals surface area contributed by atoms with Crippen LogP contribution in [0.25, 0.3) is 0 Å². The fraction of sp³-hybridized carbons (Fsp3) is 0.588. The highest BCUT2D eigenvalue weighted by Gasteiger charge is 2.23. The van der Waals surface area contributed by atoms with Gasteiger partial charge in [-0.25, -0.2) is 12.7 Å². The third-order valence-electron chi connectivity index (χ3n) is 3.88. The van der Waals surface area contributed by atoms with E-state index < -0.39 is 10.0 Å². The van der Waals surface area contributed by atoms with Crippen molar-refractivity contribution in [2.24, 2.45) is 4.99 Å². The molecule has 1 aliphatic rings. The van der Waals surface area contributed by atoms with E-state index in [-0.39, 0.29) is 36.3 Å². The average molecular weight is 512 g/mol. The van der Waals surface area contributed by atoms with Gasteiger partial charge in [0.05, 0.1) is 12.3 Å². The van der Waals surface area contributed by atoms with Crippen LogP contribution in [0, 0.1) is 0 Å². The van der Waals surface area contributed by atoms with E-state index in [1.807, 2.05) is 25.1 Å². The lowest BCUT2D eigenvalue weighted by atomic mass is 10.1. The summed E-state index contributed by atoms with van der Waals surface area (Å²) in [6.07, 6.45) is 0.898. The normalized spacial score (nSPS) is 16.0. The van der Waals surface area contributed by atoms with Crippen LogP contribution >= 0.6 is 35.7 Å². The molecule has 0 amide bonds. The molecule has 0 radical (unpaired) electrons. The van der Waals surface area contributed by atoms with E-state index in [2.05, 4.69) is 27.8 Å². The van der Waals surface area contributed by atoms with Crippen molar-refractivity contribution in [2.45, 2.75) is 13.3 Å². The second-order valence-corrected chi connectivity index (χ2v) is 9.06. The minimum absolute atomic E-state index is 0. The molecule has 0 aliphatic carbocycles. The monoisotopic (exact) mass is 512 g/mol. The summed E-state index contributed by atoms with van der Waals surface area (Å²) in [6, 6.07) is 10.2. The average Bonchev–Trinajstić information content (AvgIpc) is 2.63. The lowest BCUT2D eigenvalue weighted by molar-refractivity contribution is 0.444. The highest BCUT2D eigenvalue weighted by Crippen LogP contribution is 2.13. The highest BCUT2D eigenvalue weighted by molar-refractivity contribution is 14.0. The first kappa shape index (κ1) is 23.5. The summed E-state index contributed by atoms with van der Waals surface area (Å²) in [7, 11) is -3.20. The number of thioether (sulfide) groups is 1. The Balaban J connectivity index is 0.00000338. The summed E-state index contributed by atoms with van der Waals surface area (Å²) in [6.45, 7) is 5.00. The smallest absolute Gasteiger partial charge is 0.215 e. The van der Waals surface area contributed by atoms with Crippen LogP contribution in [0.5, 0.6) is 0 Å². The second-order valence-electron chi connectivity index (χ2n) is 5.75. The summed E-state index contributed by atoms with van der Waals surface area (Å²) in [5, 5.41) is 6.42. The molecule has 0 aromatic heterocycles. The quantitative estimate of drug-likeness (QED) is 0.316. The van der Waals surface area contributed by atoms with E-state index in [4.69, 9.17) is 0 Å². The van der Waals surface area contributed by atoms with Gasteiger partial charge in [0.25, 0.3) is 0 Å². The number of nitrogens with zero attached hydrogens (tertiary/aromatic N) is 2. The minimum atomic E-state index is -3.20. The molecule has 1 heterocycles. The molecular formula is C17H29IN4O2S2. The molecule has 2 rings (SSSR count). The van der Waals surface area contributed by atoms with Crippen molar-refractivity contribution in [3.05, 3.63) is 35.9 Å². The molecule has 6 nitrogen and oxygen atoms in total. The van der Waals surface area contributed by atoms with Crippen LogP contribution in [-0.2, 0) is 16.4 Å². The van der Waals surface area contributed by atoms with E-state index in [0.29, 0.717) is 19.0 Å². The Morgan fingerprint density at radius 3 is 2.54 bits per heavy atom. The van der Waals surface area contributed by atoms with Gasteiger partial charge < -0.3 is 10.6 Å². The number of guanidine groups is 1. The number of sulfonamides is 1. The van der Waals surface area contributed by atoms with Crippen LogP contribution in [-0.4, -0.2) is 68.7 Å². The summed E-state index contributed by atoms with van der Waals surface area (Å²) in [5.74, 6) is 2.49. The standard InChI is InChI=1S/C17H28N4O2S2.HI/c1-2-18-17(19-9-8-16-6-4-3-5-7-16)20-10-15-25(22,23)21-11-13-24-14-12-21;/h3-7H,2,8-15H2,1H3,(H2,18,19,20);1H. The number of aliphatic imine (C=N–C) groups is 1. The SMILES string of the molecule is CCNC(=NCCS(=O)(=O)N1CCSCC1)NCCc1ccccc1.I. The number of hydrogen-bond donors (Lipinski definition) is 2. The van der Waals surface area contributed by atoms with E-state index in [9.17, 15) is 8.42 Å². The largest absolute Gasteiger partial charge is 0.357 e. The van der Waals surface area contributed by atoms with Gasteiger partial charge in [-0.05, 0) is 18.9 Å². The third kappa shape index (κ3) is 8.45. The molecule has 0 atom stereocenters. The van der Waals surface area contributed by atoms with Crippen LogP contribution in [0.4, 0.5) is 0 Å². The number of nitrogens with one attached hydrogen (secondary N) is 2. The molecule has 1 aromatic carbocycles. The van der Waals surface area contributed by atoms with Gasteiger partial charge in [-0.3, -0.25) is 4.99 Å². The zero-order chi connectivity index (χ0) is 18.0. The zero-order valence-electron chi connectivity index (χ0n) is 15.2. The number of halogens is 1. The van der Waals surface area contributed by atoms with Gasteiger partial charge in [-0.15, -0.1) is 24.0 Å². The van der Waals surface area contributed by atoms with Crippen LogP contribution in [0.15, 0.2) is 35.3 Å².